The van der Waals surface area contributed by atoms with E-state index in [0.29, 0.717) is 23.6 Å². The van der Waals surface area contributed by atoms with E-state index in [-0.39, 0.29) is 23.4 Å². The van der Waals surface area contributed by atoms with Crippen molar-refractivity contribution in [3.63, 3.8) is 0 Å². The normalized spacial score (nSPS) is 17.5. The number of ketones is 1. The highest BCUT2D eigenvalue weighted by Crippen LogP contribution is 2.42. The number of benzene rings is 2. The molecule has 1 saturated heterocycles. The average Bonchev–Trinajstić information content (AvgIpc) is 3.06. The van der Waals surface area contributed by atoms with Crippen LogP contribution in [0.25, 0.3) is 5.76 Å². The van der Waals surface area contributed by atoms with Crippen LogP contribution < -0.4 is 14.2 Å². The van der Waals surface area contributed by atoms with Crippen molar-refractivity contribution in [2.45, 2.75) is 6.04 Å². The molecular weight excluding hydrogens is 431 g/mol. The van der Waals surface area contributed by atoms with E-state index in [4.69, 9.17) is 14.2 Å². The molecule has 1 amide bonds. The topological polar surface area (TPSA) is 88.5 Å². The summed E-state index contributed by atoms with van der Waals surface area (Å²) in [5.41, 5.74) is 0.473. The molecule has 0 spiro atoms. The highest BCUT2D eigenvalue weighted by atomic mass is 19.1. The van der Waals surface area contributed by atoms with Gasteiger partial charge in [-0.2, -0.15) is 0 Å². The fourth-order valence-electron chi connectivity index (χ4n) is 3.76. The summed E-state index contributed by atoms with van der Waals surface area (Å²) in [6, 6.07) is 7.95. The first-order valence-corrected chi connectivity index (χ1v) is 10.2. The molecule has 3 rings (SSSR count). The first-order valence-electron chi connectivity index (χ1n) is 10.2. The van der Waals surface area contributed by atoms with Crippen LogP contribution in [0, 0.1) is 5.82 Å². The predicted octanol–water partition coefficient (Wildman–Crippen LogP) is 2.83. The van der Waals surface area contributed by atoms with Crippen LogP contribution in [0.3, 0.4) is 0 Å². The van der Waals surface area contributed by atoms with Gasteiger partial charge >= 0.3 is 0 Å². The highest BCUT2D eigenvalue weighted by molar-refractivity contribution is 6.46. The Hall–Kier alpha value is -3.59. The van der Waals surface area contributed by atoms with Crippen molar-refractivity contribution in [2.24, 2.45) is 0 Å². The summed E-state index contributed by atoms with van der Waals surface area (Å²) in [5.74, 6) is -1.88. The number of carbonyl (C=O) groups excluding carboxylic acids is 2. The lowest BCUT2D eigenvalue weighted by Crippen LogP contribution is -2.35. The van der Waals surface area contributed by atoms with E-state index in [1.54, 1.807) is 18.2 Å². The van der Waals surface area contributed by atoms with Gasteiger partial charge in [0.1, 0.15) is 5.76 Å². The average molecular weight is 458 g/mol. The third kappa shape index (κ3) is 4.63. The molecule has 1 heterocycles. The van der Waals surface area contributed by atoms with E-state index in [9.17, 15) is 19.1 Å². The number of aliphatic hydroxyl groups excluding tert-OH is 1. The summed E-state index contributed by atoms with van der Waals surface area (Å²) in [4.78, 5) is 29.3. The summed E-state index contributed by atoms with van der Waals surface area (Å²) >= 11 is 0. The molecule has 0 bridgehead atoms. The Bertz CT molecular complexity index is 1100. The molecule has 0 aromatic heterocycles. The Morgan fingerprint density at radius 1 is 1.00 bits per heavy atom. The number of ether oxygens (including phenoxy) is 3. The van der Waals surface area contributed by atoms with Crippen molar-refractivity contribution in [1.29, 1.82) is 0 Å². The number of methoxy groups -OCH3 is 3. The quantitative estimate of drug-likeness (QED) is 0.370. The number of nitrogens with zero attached hydrogens (tertiary/aromatic N) is 2. The molecule has 0 unspecified atom stereocenters. The zero-order chi connectivity index (χ0) is 24.3. The van der Waals surface area contributed by atoms with Gasteiger partial charge in [0, 0.05) is 18.7 Å². The fourth-order valence-corrected chi connectivity index (χ4v) is 3.76. The number of Topliss-reactive ketones (excluding diaryl/α,β-unsaturated/α-hetero) is 1. The second kappa shape index (κ2) is 9.91. The number of amides is 1. The summed E-state index contributed by atoms with van der Waals surface area (Å²) in [7, 11) is 8.00. The summed E-state index contributed by atoms with van der Waals surface area (Å²) in [6.45, 7) is 0.734. The smallest absolute Gasteiger partial charge is 0.295 e. The van der Waals surface area contributed by atoms with Crippen LogP contribution in [0.2, 0.25) is 0 Å². The van der Waals surface area contributed by atoms with Gasteiger partial charge in [0.15, 0.2) is 23.1 Å². The summed E-state index contributed by atoms with van der Waals surface area (Å²) < 4.78 is 29.9. The van der Waals surface area contributed by atoms with E-state index < -0.39 is 29.3 Å². The maximum Gasteiger partial charge on any atom is 0.295 e. The van der Waals surface area contributed by atoms with E-state index in [1.165, 1.54) is 38.4 Å². The fraction of sp³-hybridized carbons (Fsp3) is 0.333. The van der Waals surface area contributed by atoms with E-state index in [0.717, 1.165) is 6.07 Å². The summed E-state index contributed by atoms with van der Waals surface area (Å²) in [6.07, 6.45) is 0. The van der Waals surface area contributed by atoms with Crippen molar-refractivity contribution >= 4 is 17.4 Å². The second-order valence-electron chi connectivity index (χ2n) is 7.76. The third-order valence-electron chi connectivity index (χ3n) is 5.48. The van der Waals surface area contributed by atoms with Crippen molar-refractivity contribution < 1.29 is 33.3 Å². The van der Waals surface area contributed by atoms with Gasteiger partial charge in [-0.25, -0.2) is 4.39 Å². The zero-order valence-corrected chi connectivity index (χ0v) is 19.2. The number of aliphatic hydroxyl groups is 1. The van der Waals surface area contributed by atoms with Gasteiger partial charge in [-0.05, 0) is 50.0 Å². The van der Waals surface area contributed by atoms with E-state index >= 15 is 0 Å². The first-order chi connectivity index (χ1) is 15.7. The maximum absolute atomic E-state index is 14.3. The Labute approximate surface area is 191 Å². The minimum absolute atomic E-state index is 0.00516. The lowest BCUT2D eigenvalue weighted by atomic mass is 9.95. The molecule has 1 atom stereocenters. The van der Waals surface area contributed by atoms with Crippen molar-refractivity contribution in [2.75, 3.05) is 48.5 Å². The number of rotatable bonds is 8. The summed E-state index contributed by atoms with van der Waals surface area (Å²) in [5, 5.41) is 11.1. The predicted molar refractivity (Wildman–Crippen MR) is 120 cm³/mol. The van der Waals surface area contributed by atoms with Crippen LogP contribution >= 0.6 is 0 Å². The van der Waals surface area contributed by atoms with Gasteiger partial charge in [-0.1, -0.05) is 6.07 Å². The molecule has 1 aliphatic rings. The molecule has 0 radical (unpaired) electrons. The van der Waals surface area contributed by atoms with Crippen molar-refractivity contribution in [3.05, 3.63) is 58.9 Å². The van der Waals surface area contributed by atoms with Crippen molar-refractivity contribution in [1.82, 2.24) is 9.80 Å². The zero-order valence-electron chi connectivity index (χ0n) is 19.2. The molecule has 1 aliphatic heterocycles. The second-order valence-corrected chi connectivity index (χ2v) is 7.76. The number of likely N-dealkylation sites (tertiary alicyclic amines) is 1. The van der Waals surface area contributed by atoms with Crippen molar-refractivity contribution in [3.8, 4) is 17.2 Å². The van der Waals surface area contributed by atoms with E-state index in [2.05, 4.69) is 0 Å². The Balaban J connectivity index is 2.19. The molecule has 8 nitrogen and oxygen atoms in total. The first kappa shape index (κ1) is 24.1. The number of hydrogen-bond donors (Lipinski definition) is 1. The number of hydrogen-bond acceptors (Lipinski definition) is 7. The SMILES string of the molecule is COc1ccc(C(O)=C2C(=O)C(=O)N(CCN(C)C)[C@H]2c2ccc(OC)c(OC)c2)cc1F. The van der Waals surface area contributed by atoms with Crippen LogP contribution in [0.15, 0.2) is 42.0 Å². The molecule has 33 heavy (non-hydrogen) atoms. The standard InChI is InChI=1S/C24H27FN2O6/c1-26(2)10-11-27-21(14-6-9-18(32-4)19(13-14)33-5)20(23(29)24(27)30)22(28)15-7-8-17(31-3)16(25)12-15/h6-9,12-13,21,28H,10-11H2,1-5H3/t21-/m0/s1. The number of likely N-dealkylation sites (N-methyl/N-ethyl adjacent to an activating group) is 1. The molecule has 2 aromatic rings. The third-order valence-corrected chi connectivity index (χ3v) is 5.48. The van der Waals surface area contributed by atoms with Gasteiger partial charge in [-0.15, -0.1) is 0 Å². The van der Waals surface area contributed by atoms with Gasteiger partial charge in [0.05, 0.1) is 32.9 Å². The molecular formula is C24H27FN2O6. The molecule has 2 aromatic carbocycles. The Kier molecular flexibility index (Phi) is 7.23. The van der Waals surface area contributed by atoms with Crippen LogP contribution in [-0.2, 0) is 9.59 Å². The lowest BCUT2D eigenvalue weighted by molar-refractivity contribution is -0.140. The Morgan fingerprint density at radius 3 is 2.21 bits per heavy atom. The Morgan fingerprint density at radius 2 is 1.64 bits per heavy atom. The molecule has 176 valence electrons. The van der Waals surface area contributed by atoms with Crippen LogP contribution in [0.4, 0.5) is 4.39 Å². The lowest BCUT2D eigenvalue weighted by Gasteiger charge is -2.27. The molecule has 9 heteroatoms. The van der Waals surface area contributed by atoms with Gasteiger partial charge in [0.2, 0.25) is 0 Å². The van der Waals surface area contributed by atoms with Gasteiger partial charge < -0.3 is 29.1 Å². The minimum Gasteiger partial charge on any atom is -0.507 e. The van der Waals surface area contributed by atoms with Crippen LogP contribution in [0.5, 0.6) is 17.2 Å². The minimum atomic E-state index is -0.894. The number of halogens is 1. The van der Waals surface area contributed by atoms with Crippen LogP contribution in [-0.4, -0.2) is 75.1 Å². The van der Waals surface area contributed by atoms with Gasteiger partial charge in [-0.3, -0.25) is 9.59 Å². The van der Waals surface area contributed by atoms with E-state index in [1.807, 2.05) is 19.0 Å². The molecule has 1 N–H and O–H groups in total. The molecule has 0 aliphatic carbocycles. The molecule has 0 saturated carbocycles. The van der Waals surface area contributed by atoms with Gasteiger partial charge in [0.25, 0.3) is 11.7 Å². The van der Waals surface area contributed by atoms with Crippen LogP contribution in [0.1, 0.15) is 17.2 Å². The number of carbonyl (C=O) groups is 2. The maximum atomic E-state index is 14.3. The highest BCUT2D eigenvalue weighted by Gasteiger charge is 2.46. The largest absolute Gasteiger partial charge is 0.507 e. The molecule has 1 fully saturated rings. The monoisotopic (exact) mass is 458 g/mol.